The molecule has 1 aliphatic carbocycles. The molecule has 0 aliphatic heterocycles. The summed E-state index contributed by atoms with van der Waals surface area (Å²) >= 11 is 1.71. The van der Waals surface area contributed by atoms with E-state index in [4.69, 9.17) is 0 Å². The smallest absolute Gasteiger partial charge is 0.0838 e. The van der Waals surface area contributed by atoms with Crippen LogP contribution in [0.4, 0.5) is 0 Å². The van der Waals surface area contributed by atoms with Crippen LogP contribution in [-0.4, -0.2) is 5.11 Å². The second-order valence-corrected chi connectivity index (χ2v) is 6.13. The molecule has 1 aliphatic rings. The van der Waals surface area contributed by atoms with Crippen LogP contribution in [-0.2, 0) is 6.42 Å². The molecular weight excluding hydrogens is 240 g/mol. The lowest BCUT2D eigenvalue weighted by Gasteiger charge is -2.26. The molecule has 3 rings (SSSR count). The normalized spacial score (nSPS) is 17.4. The zero-order valence-electron chi connectivity index (χ0n) is 10.4. The zero-order chi connectivity index (χ0) is 12.4. The number of aliphatic hydroxyl groups excluding tert-OH is 1. The van der Waals surface area contributed by atoms with Crippen molar-refractivity contribution in [2.45, 2.75) is 37.7 Å². The summed E-state index contributed by atoms with van der Waals surface area (Å²) in [5.41, 5.74) is 2.47. The van der Waals surface area contributed by atoms with Crippen molar-refractivity contribution >= 4 is 11.3 Å². The maximum absolute atomic E-state index is 10.2. The summed E-state index contributed by atoms with van der Waals surface area (Å²) in [6.07, 6.45) is 4.38. The third kappa shape index (κ3) is 2.50. The van der Waals surface area contributed by atoms with Gasteiger partial charge in [0.1, 0.15) is 0 Å². The van der Waals surface area contributed by atoms with E-state index in [2.05, 4.69) is 35.7 Å². The molecule has 2 heteroatoms. The molecule has 0 spiro atoms. The third-order valence-corrected chi connectivity index (χ3v) is 4.77. The largest absolute Gasteiger partial charge is 0.388 e. The van der Waals surface area contributed by atoms with E-state index in [0.29, 0.717) is 0 Å². The second-order valence-electron chi connectivity index (χ2n) is 5.09. The average molecular weight is 258 g/mol. The van der Waals surface area contributed by atoms with E-state index in [0.717, 1.165) is 17.9 Å². The van der Waals surface area contributed by atoms with Crippen LogP contribution in [0.1, 0.15) is 47.3 Å². The fourth-order valence-electron chi connectivity index (χ4n) is 2.47. The molecule has 0 amide bonds. The molecule has 2 aromatic rings. The van der Waals surface area contributed by atoms with E-state index in [1.165, 1.54) is 29.7 Å². The predicted octanol–water partition coefficient (Wildman–Crippen LogP) is 4.29. The molecule has 1 saturated carbocycles. The lowest BCUT2D eigenvalue weighted by Crippen LogP contribution is -2.09. The zero-order valence-corrected chi connectivity index (χ0v) is 11.2. The van der Waals surface area contributed by atoms with Gasteiger partial charge in [0.25, 0.3) is 0 Å². The van der Waals surface area contributed by atoms with Crippen molar-refractivity contribution in [2.24, 2.45) is 0 Å². The molecule has 1 atom stereocenters. The highest BCUT2D eigenvalue weighted by molar-refractivity contribution is 7.09. The maximum atomic E-state index is 10.2. The van der Waals surface area contributed by atoms with Crippen molar-refractivity contribution in [2.75, 3.05) is 0 Å². The van der Waals surface area contributed by atoms with Crippen molar-refractivity contribution in [3.63, 3.8) is 0 Å². The van der Waals surface area contributed by atoms with Crippen LogP contribution in [0, 0.1) is 0 Å². The summed E-state index contributed by atoms with van der Waals surface area (Å²) < 4.78 is 0. The first-order valence-corrected chi connectivity index (χ1v) is 7.51. The summed E-state index contributed by atoms with van der Waals surface area (Å²) in [7, 11) is 0. The molecule has 1 aromatic carbocycles. The van der Waals surface area contributed by atoms with Gasteiger partial charge in [-0.15, -0.1) is 11.3 Å². The standard InChI is InChI=1S/C16H18OS/c17-16(11-15-5-2-10-18-15)14-8-6-13(7-9-14)12-3-1-4-12/h2,5-10,12,16-17H,1,3-4,11H2. The molecule has 1 nitrogen and oxygen atoms in total. The minimum absolute atomic E-state index is 0.376. The molecule has 1 N–H and O–H groups in total. The fraction of sp³-hybridized carbons (Fsp3) is 0.375. The van der Waals surface area contributed by atoms with Crippen molar-refractivity contribution in [3.8, 4) is 0 Å². The Morgan fingerprint density at radius 3 is 2.50 bits per heavy atom. The van der Waals surface area contributed by atoms with E-state index in [1.807, 2.05) is 6.07 Å². The molecule has 1 aromatic heterocycles. The van der Waals surface area contributed by atoms with Crippen LogP contribution in [0.25, 0.3) is 0 Å². The van der Waals surface area contributed by atoms with Gasteiger partial charge in [-0.3, -0.25) is 0 Å². The predicted molar refractivity (Wildman–Crippen MR) is 76.0 cm³/mol. The number of hydrogen-bond acceptors (Lipinski definition) is 2. The van der Waals surface area contributed by atoms with Gasteiger partial charge in [-0.25, -0.2) is 0 Å². The molecule has 1 unspecified atom stereocenters. The SMILES string of the molecule is OC(Cc1cccs1)c1ccc(C2CCC2)cc1. The molecule has 0 saturated heterocycles. The quantitative estimate of drug-likeness (QED) is 0.867. The topological polar surface area (TPSA) is 20.2 Å². The summed E-state index contributed by atoms with van der Waals surface area (Å²) in [5, 5.41) is 12.3. The molecule has 0 bridgehead atoms. The van der Waals surface area contributed by atoms with Crippen LogP contribution in [0.5, 0.6) is 0 Å². The van der Waals surface area contributed by atoms with Crippen LogP contribution >= 0.6 is 11.3 Å². The summed E-state index contributed by atoms with van der Waals surface area (Å²) in [5.74, 6) is 0.772. The number of thiophene rings is 1. The first-order chi connectivity index (χ1) is 8.83. The molecule has 0 radical (unpaired) electrons. The lowest BCUT2D eigenvalue weighted by molar-refractivity contribution is 0.179. The molecular formula is C16H18OS. The van der Waals surface area contributed by atoms with E-state index >= 15 is 0 Å². The van der Waals surface area contributed by atoms with Crippen LogP contribution in [0.15, 0.2) is 41.8 Å². The van der Waals surface area contributed by atoms with Gasteiger partial charge >= 0.3 is 0 Å². The average Bonchev–Trinajstić information content (AvgIpc) is 2.80. The Labute approximate surface area is 112 Å². The number of aliphatic hydroxyl groups is 1. The van der Waals surface area contributed by atoms with Gasteiger partial charge in [0.2, 0.25) is 0 Å². The van der Waals surface area contributed by atoms with Gasteiger partial charge < -0.3 is 5.11 Å². The van der Waals surface area contributed by atoms with Crippen LogP contribution in [0.2, 0.25) is 0 Å². The van der Waals surface area contributed by atoms with Crippen molar-refractivity contribution in [1.29, 1.82) is 0 Å². The van der Waals surface area contributed by atoms with E-state index in [9.17, 15) is 5.11 Å². The monoisotopic (exact) mass is 258 g/mol. The Morgan fingerprint density at radius 2 is 1.94 bits per heavy atom. The molecule has 18 heavy (non-hydrogen) atoms. The number of hydrogen-bond donors (Lipinski definition) is 1. The Bertz CT molecular complexity index is 482. The Hall–Kier alpha value is -1.12. The minimum atomic E-state index is -0.376. The van der Waals surface area contributed by atoms with E-state index in [-0.39, 0.29) is 6.10 Å². The summed E-state index contributed by atoms with van der Waals surface area (Å²) in [6.45, 7) is 0. The second kappa shape index (κ2) is 5.25. The first kappa shape index (κ1) is 11.9. The highest BCUT2D eigenvalue weighted by Crippen LogP contribution is 2.36. The van der Waals surface area contributed by atoms with Crippen molar-refractivity contribution in [1.82, 2.24) is 0 Å². The van der Waals surface area contributed by atoms with Gasteiger partial charge in [-0.2, -0.15) is 0 Å². The molecule has 1 fully saturated rings. The van der Waals surface area contributed by atoms with E-state index < -0.39 is 0 Å². The molecule has 94 valence electrons. The van der Waals surface area contributed by atoms with Crippen LogP contribution < -0.4 is 0 Å². The Morgan fingerprint density at radius 1 is 1.17 bits per heavy atom. The number of benzene rings is 1. The minimum Gasteiger partial charge on any atom is -0.388 e. The number of rotatable bonds is 4. The van der Waals surface area contributed by atoms with Crippen molar-refractivity contribution < 1.29 is 5.11 Å². The first-order valence-electron chi connectivity index (χ1n) is 6.63. The molecule has 1 heterocycles. The van der Waals surface area contributed by atoms with Gasteiger partial charge in [-0.1, -0.05) is 36.8 Å². The highest BCUT2D eigenvalue weighted by Gasteiger charge is 2.19. The summed E-state index contributed by atoms with van der Waals surface area (Å²) in [6, 6.07) is 12.7. The third-order valence-electron chi connectivity index (χ3n) is 3.87. The van der Waals surface area contributed by atoms with Gasteiger partial charge in [-0.05, 0) is 41.3 Å². The van der Waals surface area contributed by atoms with Gasteiger partial charge in [0, 0.05) is 11.3 Å². The fourth-order valence-corrected chi connectivity index (χ4v) is 3.21. The maximum Gasteiger partial charge on any atom is 0.0838 e. The summed E-state index contributed by atoms with van der Waals surface area (Å²) in [4.78, 5) is 1.24. The van der Waals surface area contributed by atoms with E-state index in [1.54, 1.807) is 11.3 Å². The Balaban J connectivity index is 1.67. The van der Waals surface area contributed by atoms with Gasteiger partial charge in [0.15, 0.2) is 0 Å². The lowest BCUT2D eigenvalue weighted by atomic mass is 9.80. The van der Waals surface area contributed by atoms with Crippen molar-refractivity contribution in [3.05, 3.63) is 57.8 Å². The highest BCUT2D eigenvalue weighted by atomic mass is 32.1. The Kier molecular flexibility index (Phi) is 3.48. The van der Waals surface area contributed by atoms with Gasteiger partial charge in [0.05, 0.1) is 6.10 Å². The van der Waals surface area contributed by atoms with Crippen LogP contribution in [0.3, 0.4) is 0 Å².